The minimum absolute atomic E-state index is 0.118. The van der Waals surface area contributed by atoms with E-state index in [0.29, 0.717) is 6.61 Å². The maximum atomic E-state index is 8.82. The summed E-state index contributed by atoms with van der Waals surface area (Å²) in [6.07, 6.45) is 2.59. The molecule has 0 unspecified atom stereocenters. The summed E-state index contributed by atoms with van der Waals surface area (Å²) < 4.78 is 5.65. The Morgan fingerprint density at radius 2 is 2.15 bits per heavy atom. The fraction of sp³-hybridized carbons (Fsp3) is 0.625. The lowest BCUT2D eigenvalue weighted by atomic mass is 10.1. The van der Waals surface area contributed by atoms with E-state index in [1.165, 1.54) is 12.1 Å². The zero-order valence-corrected chi connectivity index (χ0v) is 12.4. The number of aliphatic hydroxyl groups excluding tert-OH is 1. The van der Waals surface area contributed by atoms with Gasteiger partial charge in [-0.25, -0.2) is 0 Å². The van der Waals surface area contributed by atoms with Crippen LogP contribution in [0.3, 0.4) is 0 Å². The van der Waals surface area contributed by atoms with Crippen molar-refractivity contribution in [1.82, 2.24) is 4.90 Å². The molecule has 1 saturated heterocycles. The van der Waals surface area contributed by atoms with Crippen LogP contribution in [0, 0.1) is 0 Å². The van der Waals surface area contributed by atoms with Crippen molar-refractivity contribution >= 4 is 5.69 Å². The maximum absolute atomic E-state index is 8.82. The first kappa shape index (κ1) is 15.3. The van der Waals surface area contributed by atoms with Crippen LogP contribution in [-0.4, -0.2) is 62.6 Å². The lowest BCUT2D eigenvalue weighted by Gasteiger charge is -2.33. The average molecular weight is 278 g/mol. The number of benzene rings is 1. The third-order valence-corrected chi connectivity index (χ3v) is 3.86. The van der Waals surface area contributed by atoms with Gasteiger partial charge in [-0.15, -0.1) is 0 Å². The minimum Gasteiger partial charge on any atom is -0.394 e. The number of anilines is 1. The van der Waals surface area contributed by atoms with Crippen LogP contribution in [0.4, 0.5) is 5.69 Å². The fourth-order valence-electron chi connectivity index (χ4n) is 2.67. The van der Waals surface area contributed by atoms with Crippen molar-refractivity contribution in [3.05, 3.63) is 30.3 Å². The van der Waals surface area contributed by atoms with Gasteiger partial charge in [0, 0.05) is 32.4 Å². The number of piperidine rings is 1. The smallest absolute Gasteiger partial charge is 0.0703 e. The Hall–Kier alpha value is -1.10. The molecule has 1 aromatic carbocycles. The van der Waals surface area contributed by atoms with Gasteiger partial charge in [-0.1, -0.05) is 18.2 Å². The molecule has 0 radical (unpaired) electrons. The molecule has 4 heteroatoms. The van der Waals surface area contributed by atoms with E-state index in [9.17, 15) is 0 Å². The molecule has 2 rings (SSSR count). The quantitative estimate of drug-likeness (QED) is 0.822. The standard InChI is InChI=1S/C16H26N2O2/c1-17(15-6-3-2-4-7-15)10-11-18-9-5-8-16(14-18)20-13-12-19/h2-4,6-7,16,19H,5,8-14H2,1H3/t16-/m1/s1. The lowest BCUT2D eigenvalue weighted by Crippen LogP contribution is -2.43. The molecule has 1 fully saturated rings. The van der Waals surface area contributed by atoms with Crippen molar-refractivity contribution in [2.75, 3.05) is 51.3 Å². The molecule has 0 bridgehead atoms. The van der Waals surface area contributed by atoms with Crippen LogP contribution in [0.15, 0.2) is 30.3 Å². The summed E-state index contributed by atoms with van der Waals surface area (Å²) in [7, 11) is 2.14. The topological polar surface area (TPSA) is 35.9 Å². The maximum Gasteiger partial charge on any atom is 0.0703 e. The minimum atomic E-state index is 0.118. The molecular formula is C16H26N2O2. The molecule has 1 atom stereocenters. The van der Waals surface area contributed by atoms with Gasteiger partial charge in [-0.2, -0.15) is 0 Å². The zero-order chi connectivity index (χ0) is 14.2. The van der Waals surface area contributed by atoms with E-state index in [2.05, 4.69) is 41.1 Å². The van der Waals surface area contributed by atoms with Crippen molar-refractivity contribution in [3.63, 3.8) is 0 Å². The Morgan fingerprint density at radius 1 is 1.35 bits per heavy atom. The molecule has 1 heterocycles. The lowest BCUT2D eigenvalue weighted by molar-refractivity contribution is -0.0137. The number of likely N-dealkylation sites (N-methyl/N-ethyl adjacent to an activating group) is 1. The van der Waals surface area contributed by atoms with Crippen molar-refractivity contribution in [1.29, 1.82) is 0 Å². The number of likely N-dealkylation sites (tertiary alicyclic amines) is 1. The molecule has 0 aliphatic carbocycles. The Labute approximate surface area is 122 Å². The third kappa shape index (κ3) is 4.78. The van der Waals surface area contributed by atoms with E-state index < -0.39 is 0 Å². The Bertz CT molecular complexity index is 372. The molecule has 0 aromatic heterocycles. The van der Waals surface area contributed by atoms with Crippen LogP contribution < -0.4 is 4.90 Å². The van der Waals surface area contributed by atoms with Crippen LogP contribution in [0.1, 0.15) is 12.8 Å². The van der Waals surface area contributed by atoms with Gasteiger partial charge in [-0.3, -0.25) is 4.90 Å². The second-order valence-electron chi connectivity index (χ2n) is 5.42. The summed E-state index contributed by atoms with van der Waals surface area (Å²) in [6, 6.07) is 10.5. The van der Waals surface area contributed by atoms with Gasteiger partial charge < -0.3 is 14.7 Å². The average Bonchev–Trinajstić information content (AvgIpc) is 2.52. The number of nitrogens with zero attached hydrogens (tertiary/aromatic N) is 2. The number of hydrogen-bond donors (Lipinski definition) is 1. The zero-order valence-electron chi connectivity index (χ0n) is 12.4. The van der Waals surface area contributed by atoms with Crippen LogP contribution in [0.2, 0.25) is 0 Å². The van der Waals surface area contributed by atoms with E-state index in [4.69, 9.17) is 9.84 Å². The van der Waals surface area contributed by atoms with Crippen LogP contribution >= 0.6 is 0 Å². The second-order valence-corrected chi connectivity index (χ2v) is 5.42. The highest BCUT2D eigenvalue weighted by Gasteiger charge is 2.20. The highest BCUT2D eigenvalue weighted by molar-refractivity contribution is 5.44. The van der Waals surface area contributed by atoms with E-state index in [1.54, 1.807) is 0 Å². The Morgan fingerprint density at radius 3 is 2.90 bits per heavy atom. The van der Waals surface area contributed by atoms with E-state index >= 15 is 0 Å². The van der Waals surface area contributed by atoms with Gasteiger partial charge in [-0.05, 0) is 31.5 Å². The fourth-order valence-corrected chi connectivity index (χ4v) is 2.67. The number of aliphatic hydroxyl groups is 1. The number of rotatable bonds is 7. The van der Waals surface area contributed by atoms with Gasteiger partial charge in [0.05, 0.1) is 19.3 Å². The molecule has 4 nitrogen and oxygen atoms in total. The van der Waals surface area contributed by atoms with Gasteiger partial charge in [0.25, 0.3) is 0 Å². The first-order chi connectivity index (χ1) is 9.79. The first-order valence-electron chi connectivity index (χ1n) is 7.50. The normalized spacial score (nSPS) is 20.0. The summed E-state index contributed by atoms with van der Waals surface area (Å²) in [6.45, 7) is 4.81. The summed E-state index contributed by atoms with van der Waals surface area (Å²) in [5.74, 6) is 0. The Balaban J connectivity index is 1.73. The van der Waals surface area contributed by atoms with Crippen molar-refractivity contribution < 1.29 is 9.84 Å². The van der Waals surface area contributed by atoms with E-state index in [1.807, 2.05) is 6.07 Å². The summed E-state index contributed by atoms with van der Waals surface area (Å²) in [5.41, 5.74) is 1.26. The number of hydrogen-bond acceptors (Lipinski definition) is 4. The van der Waals surface area contributed by atoms with Gasteiger partial charge in [0.1, 0.15) is 0 Å². The molecule has 1 aliphatic heterocycles. The van der Waals surface area contributed by atoms with Crippen molar-refractivity contribution in [3.8, 4) is 0 Å². The molecule has 1 aromatic rings. The predicted molar refractivity (Wildman–Crippen MR) is 82.2 cm³/mol. The Kier molecular flexibility index (Phi) is 6.30. The van der Waals surface area contributed by atoms with Crippen LogP contribution in [0.5, 0.6) is 0 Å². The van der Waals surface area contributed by atoms with Crippen molar-refractivity contribution in [2.45, 2.75) is 18.9 Å². The summed E-state index contributed by atoms with van der Waals surface area (Å²) in [4.78, 5) is 4.75. The molecule has 1 aliphatic rings. The SMILES string of the molecule is CN(CCN1CCC[C@@H](OCCO)C1)c1ccccc1. The molecular weight excluding hydrogens is 252 g/mol. The van der Waals surface area contributed by atoms with Gasteiger partial charge >= 0.3 is 0 Å². The van der Waals surface area contributed by atoms with Crippen LogP contribution in [0.25, 0.3) is 0 Å². The van der Waals surface area contributed by atoms with Crippen molar-refractivity contribution in [2.24, 2.45) is 0 Å². The second kappa shape index (κ2) is 8.25. The highest BCUT2D eigenvalue weighted by Crippen LogP contribution is 2.14. The molecule has 112 valence electrons. The van der Waals surface area contributed by atoms with E-state index in [0.717, 1.165) is 32.6 Å². The molecule has 1 N–H and O–H groups in total. The number of ether oxygens (including phenoxy) is 1. The molecule has 0 amide bonds. The third-order valence-electron chi connectivity index (χ3n) is 3.86. The predicted octanol–water partition coefficient (Wildman–Crippen LogP) is 1.60. The van der Waals surface area contributed by atoms with Gasteiger partial charge in [0.15, 0.2) is 0 Å². The summed E-state index contributed by atoms with van der Waals surface area (Å²) >= 11 is 0. The monoisotopic (exact) mass is 278 g/mol. The van der Waals surface area contributed by atoms with E-state index in [-0.39, 0.29) is 12.7 Å². The molecule has 0 spiro atoms. The molecule has 0 saturated carbocycles. The number of para-hydroxylation sites is 1. The largest absolute Gasteiger partial charge is 0.394 e. The van der Waals surface area contributed by atoms with Gasteiger partial charge in [0.2, 0.25) is 0 Å². The molecule has 20 heavy (non-hydrogen) atoms. The first-order valence-corrected chi connectivity index (χ1v) is 7.50. The summed E-state index contributed by atoms with van der Waals surface area (Å²) in [5, 5.41) is 8.82. The highest BCUT2D eigenvalue weighted by atomic mass is 16.5. The van der Waals surface area contributed by atoms with Crippen LogP contribution in [-0.2, 0) is 4.74 Å².